The molecule has 0 fully saturated rings. The van der Waals surface area contributed by atoms with E-state index in [4.69, 9.17) is 4.42 Å². The van der Waals surface area contributed by atoms with E-state index in [2.05, 4.69) is 24.2 Å². The van der Waals surface area contributed by atoms with Gasteiger partial charge in [0.2, 0.25) is 0 Å². The molecule has 0 unspecified atom stereocenters. The summed E-state index contributed by atoms with van der Waals surface area (Å²) in [5, 5.41) is 3.44. The molecule has 1 aromatic rings. The lowest BCUT2D eigenvalue weighted by Crippen LogP contribution is -2.19. The number of unbranched alkanes of at least 4 members (excludes halogenated alkanes) is 3. The fourth-order valence-electron chi connectivity index (χ4n) is 2.06. The van der Waals surface area contributed by atoms with Gasteiger partial charge in [0.25, 0.3) is 0 Å². The normalized spacial score (nSPS) is 11.3. The van der Waals surface area contributed by atoms with E-state index in [-0.39, 0.29) is 0 Å². The van der Waals surface area contributed by atoms with Gasteiger partial charge in [-0.15, -0.1) is 0 Å². The monoisotopic (exact) mass is 252 g/mol. The first-order valence-corrected chi connectivity index (χ1v) is 7.23. The number of nitrogens with one attached hydrogen (secondary N) is 1. The molecule has 0 aromatic carbocycles. The van der Waals surface area contributed by atoms with Crippen molar-refractivity contribution in [2.45, 2.75) is 45.6 Å². The zero-order valence-electron chi connectivity index (χ0n) is 12.0. The predicted molar refractivity (Wildman–Crippen MR) is 76.7 cm³/mol. The van der Waals surface area contributed by atoms with Gasteiger partial charge >= 0.3 is 0 Å². The van der Waals surface area contributed by atoms with Crippen LogP contribution in [-0.4, -0.2) is 31.6 Å². The maximum absolute atomic E-state index is 5.07. The van der Waals surface area contributed by atoms with Crippen molar-refractivity contribution in [1.82, 2.24) is 10.2 Å². The second-order valence-corrected chi connectivity index (χ2v) is 5.03. The van der Waals surface area contributed by atoms with Gasteiger partial charge in [0.05, 0.1) is 12.5 Å². The molecule has 0 aliphatic heterocycles. The molecule has 0 atom stereocenters. The van der Waals surface area contributed by atoms with Crippen LogP contribution in [0, 0.1) is 0 Å². The Kier molecular flexibility index (Phi) is 8.61. The van der Waals surface area contributed by atoms with Crippen molar-refractivity contribution in [1.29, 1.82) is 0 Å². The third kappa shape index (κ3) is 7.51. The van der Waals surface area contributed by atoms with Crippen molar-refractivity contribution in [3.05, 3.63) is 24.2 Å². The number of hydrogen-bond acceptors (Lipinski definition) is 3. The second kappa shape index (κ2) is 10.2. The van der Waals surface area contributed by atoms with E-state index in [9.17, 15) is 0 Å². The van der Waals surface area contributed by atoms with E-state index >= 15 is 0 Å². The summed E-state index contributed by atoms with van der Waals surface area (Å²) in [7, 11) is 2.18. The minimum atomic E-state index is 0.995. The molecule has 0 aliphatic carbocycles. The van der Waals surface area contributed by atoms with E-state index in [1.165, 1.54) is 50.8 Å². The SMILES string of the molecule is CCCNCCCCCCN(C)Cc1ccoc1. The van der Waals surface area contributed by atoms with E-state index in [1.54, 1.807) is 6.26 Å². The van der Waals surface area contributed by atoms with Crippen LogP contribution in [0.3, 0.4) is 0 Å². The summed E-state index contributed by atoms with van der Waals surface area (Å²) in [5.41, 5.74) is 1.27. The molecule has 0 radical (unpaired) electrons. The minimum absolute atomic E-state index is 0.995. The van der Waals surface area contributed by atoms with Gasteiger partial charge < -0.3 is 14.6 Å². The lowest BCUT2D eigenvalue weighted by Gasteiger charge is -2.15. The van der Waals surface area contributed by atoms with Crippen LogP contribution in [0.2, 0.25) is 0 Å². The Morgan fingerprint density at radius 3 is 2.72 bits per heavy atom. The molecule has 0 spiro atoms. The van der Waals surface area contributed by atoms with Crippen LogP contribution in [0.25, 0.3) is 0 Å². The topological polar surface area (TPSA) is 28.4 Å². The molecule has 0 bridgehead atoms. The maximum Gasteiger partial charge on any atom is 0.0947 e. The summed E-state index contributed by atoms with van der Waals surface area (Å²) >= 11 is 0. The molecule has 0 amide bonds. The van der Waals surface area contributed by atoms with Gasteiger partial charge in [0, 0.05) is 12.1 Å². The van der Waals surface area contributed by atoms with Crippen LogP contribution in [0.4, 0.5) is 0 Å². The van der Waals surface area contributed by atoms with Gasteiger partial charge in [-0.05, 0) is 52.0 Å². The first-order chi connectivity index (χ1) is 8.83. The Labute approximate surface area is 112 Å². The standard InChI is InChI=1S/C15H28N2O/c1-3-9-16-10-6-4-5-7-11-17(2)13-15-8-12-18-14-15/h8,12,14,16H,3-7,9-11,13H2,1-2H3. The Hall–Kier alpha value is -0.800. The summed E-state index contributed by atoms with van der Waals surface area (Å²) in [6.07, 6.45) is 10.1. The molecule has 1 N–H and O–H groups in total. The van der Waals surface area contributed by atoms with Crippen molar-refractivity contribution >= 4 is 0 Å². The minimum Gasteiger partial charge on any atom is -0.472 e. The first kappa shape index (κ1) is 15.3. The van der Waals surface area contributed by atoms with Crippen molar-refractivity contribution in [3.63, 3.8) is 0 Å². The fraction of sp³-hybridized carbons (Fsp3) is 0.733. The number of nitrogens with zero attached hydrogens (tertiary/aromatic N) is 1. The van der Waals surface area contributed by atoms with Gasteiger partial charge in [-0.2, -0.15) is 0 Å². The van der Waals surface area contributed by atoms with E-state index in [0.29, 0.717) is 0 Å². The molecule has 0 saturated heterocycles. The Bertz CT molecular complexity index is 272. The lowest BCUT2D eigenvalue weighted by molar-refractivity contribution is 0.315. The maximum atomic E-state index is 5.07. The van der Waals surface area contributed by atoms with Crippen LogP contribution in [0.1, 0.15) is 44.6 Å². The predicted octanol–water partition coefficient (Wildman–Crippen LogP) is 3.27. The third-order valence-electron chi connectivity index (χ3n) is 3.10. The molecule has 1 heterocycles. The average Bonchev–Trinajstić information content (AvgIpc) is 2.85. The summed E-state index contributed by atoms with van der Waals surface area (Å²) in [5.74, 6) is 0. The van der Waals surface area contributed by atoms with Crippen LogP contribution >= 0.6 is 0 Å². The zero-order valence-corrected chi connectivity index (χ0v) is 12.0. The molecule has 3 heteroatoms. The summed E-state index contributed by atoms with van der Waals surface area (Å²) < 4.78 is 5.07. The van der Waals surface area contributed by atoms with Crippen LogP contribution in [-0.2, 0) is 6.54 Å². The van der Waals surface area contributed by atoms with Crippen LogP contribution < -0.4 is 5.32 Å². The van der Waals surface area contributed by atoms with Crippen LogP contribution in [0.15, 0.2) is 23.0 Å². The molecular weight excluding hydrogens is 224 g/mol. The molecule has 0 saturated carbocycles. The van der Waals surface area contributed by atoms with Gasteiger partial charge in [0.1, 0.15) is 0 Å². The highest BCUT2D eigenvalue weighted by molar-refractivity contribution is 5.04. The summed E-state index contributed by atoms with van der Waals surface area (Å²) in [4.78, 5) is 2.36. The van der Waals surface area contributed by atoms with Gasteiger partial charge in [-0.25, -0.2) is 0 Å². The van der Waals surface area contributed by atoms with Crippen molar-refractivity contribution in [2.75, 3.05) is 26.7 Å². The largest absolute Gasteiger partial charge is 0.472 e. The Morgan fingerprint density at radius 1 is 1.17 bits per heavy atom. The smallest absolute Gasteiger partial charge is 0.0947 e. The quantitative estimate of drug-likeness (QED) is 0.613. The van der Waals surface area contributed by atoms with Crippen molar-refractivity contribution in [3.8, 4) is 0 Å². The third-order valence-corrected chi connectivity index (χ3v) is 3.10. The van der Waals surface area contributed by atoms with E-state index < -0.39 is 0 Å². The van der Waals surface area contributed by atoms with Crippen molar-refractivity contribution < 1.29 is 4.42 Å². The molecule has 1 rings (SSSR count). The Balaban J connectivity index is 1.88. The second-order valence-electron chi connectivity index (χ2n) is 5.03. The first-order valence-electron chi connectivity index (χ1n) is 7.23. The summed E-state index contributed by atoms with van der Waals surface area (Å²) in [6, 6.07) is 2.04. The molecular formula is C15H28N2O. The van der Waals surface area contributed by atoms with Crippen LogP contribution in [0.5, 0.6) is 0 Å². The van der Waals surface area contributed by atoms with Crippen molar-refractivity contribution in [2.24, 2.45) is 0 Å². The number of furan rings is 1. The highest BCUT2D eigenvalue weighted by Crippen LogP contribution is 2.06. The highest BCUT2D eigenvalue weighted by atomic mass is 16.3. The fourth-order valence-corrected chi connectivity index (χ4v) is 2.06. The highest BCUT2D eigenvalue weighted by Gasteiger charge is 2.00. The Morgan fingerprint density at radius 2 is 2.00 bits per heavy atom. The number of hydrogen-bond donors (Lipinski definition) is 1. The molecule has 18 heavy (non-hydrogen) atoms. The molecule has 1 aromatic heterocycles. The summed E-state index contributed by atoms with van der Waals surface area (Å²) in [6.45, 7) is 6.72. The van der Waals surface area contributed by atoms with E-state index in [1.807, 2.05) is 12.3 Å². The average molecular weight is 252 g/mol. The van der Waals surface area contributed by atoms with Gasteiger partial charge in [-0.3, -0.25) is 0 Å². The lowest BCUT2D eigenvalue weighted by atomic mass is 10.2. The molecule has 104 valence electrons. The zero-order chi connectivity index (χ0) is 13.1. The van der Waals surface area contributed by atoms with Gasteiger partial charge in [-0.1, -0.05) is 19.8 Å². The van der Waals surface area contributed by atoms with Gasteiger partial charge in [0.15, 0.2) is 0 Å². The molecule has 0 aliphatic rings. The molecule has 3 nitrogen and oxygen atoms in total. The number of rotatable bonds is 11. The van der Waals surface area contributed by atoms with E-state index in [0.717, 1.165) is 13.1 Å².